The van der Waals surface area contributed by atoms with Crippen LogP contribution in [0.4, 0.5) is 0 Å². The number of carbonyl (C=O) groups excluding carboxylic acids is 1. The van der Waals surface area contributed by atoms with E-state index >= 15 is 0 Å². The molecule has 0 aliphatic rings. The number of benzene rings is 2. The normalized spacial score (nSPS) is 10.7. The summed E-state index contributed by atoms with van der Waals surface area (Å²) in [6.07, 6.45) is 1.69. The second kappa shape index (κ2) is 9.33. The number of rotatable bonds is 8. The van der Waals surface area contributed by atoms with Gasteiger partial charge in [0.05, 0.1) is 0 Å². The van der Waals surface area contributed by atoms with E-state index in [1.54, 1.807) is 0 Å². The number of halogens is 1. The zero-order valence-electron chi connectivity index (χ0n) is 14.2. The Kier molecular flexibility index (Phi) is 7.13. The molecule has 0 aliphatic heterocycles. The SMILES string of the molecule is CC(C)c1ccc(OCC(=O)NCCCc2ccccc2Cl)cc1. The van der Waals surface area contributed by atoms with Gasteiger partial charge >= 0.3 is 0 Å². The molecular formula is C20H24ClNO2. The first-order chi connectivity index (χ1) is 11.6. The molecule has 0 aliphatic carbocycles. The van der Waals surface area contributed by atoms with Crippen LogP contribution in [0.15, 0.2) is 48.5 Å². The Morgan fingerprint density at radius 1 is 1.12 bits per heavy atom. The zero-order valence-corrected chi connectivity index (χ0v) is 15.0. The molecule has 1 N–H and O–H groups in total. The molecule has 0 fully saturated rings. The predicted octanol–water partition coefficient (Wildman–Crippen LogP) is 4.59. The number of hydrogen-bond donors (Lipinski definition) is 1. The van der Waals surface area contributed by atoms with E-state index in [0.717, 1.165) is 23.4 Å². The average molecular weight is 346 g/mol. The maximum atomic E-state index is 11.8. The van der Waals surface area contributed by atoms with Crippen molar-refractivity contribution in [3.63, 3.8) is 0 Å². The Morgan fingerprint density at radius 2 is 1.83 bits per heavy atom. The second-order valence-corrected chi connectivity index (χ2v) is 6.46. The molecule has 3 nitrogen and oxygen atoms in total. The Hall–Kier alpha value is -2.00. The second-order valence-electron chi connectivity index (χ2n) is 6.06. The summed E-state index contributed by atoms with van der Waals surface area (Å²) < 4.78 is 5.50. The van der Waals surface area contributed by atoms with Crippen LogP contribution in [0.25, 0.3) is 0 Å². The van der Waals surface area contributed by atoms with Crippen LogP contribution in [0.5, 0.6) is 5.75 Å². The summed E-state index contributed by atoms with van der Waals surface area (Å²) in [5, 5.41) is 3.64. The first kappa shape index (κ1) is 18.3. The Morgan fingerprint density at radius 3 is 2.50 bits per heavy atom. The minimum Gasteiger partial charge on any atom is -0.484 e. The van der Waals surface area contributed by atoms with Gasteiger partial charge in [0, 0.05) is 11.6 Å². The van der Waals surface area contributed by atoms with E-state index in [2.05, 4.69) is 19.2 Å². The molecular weight excluding hydrogens is 322 g/mol. The first-order valence-corrected chi connectivity index (χ1v) is 8.67. The lowest BCUT2D eigenvalue weighted by molar-refractivity contribution is -0.123. The van der Waals surface area contributed by atoms with Gasteiger partial charge in [0.1, 0.15) is 5.75 Å². The molecule has 24 heavy (non-hydrogen) atoms. The average Bonchev–Trinajstić information content (AvgIpc) is 2.58. The van der Waals surface area contributed by atoms with E-state index in [1.807, 2.05) is 48.5 Å². The third-order valence-electron chi connectivity index (χ3n) is 3.82. The standard InChI is InChI=1S/C20H24ClNO2/c1-15(2)16-9-11-18(12-10-16)24-14-20(23)22-13-5-7-17-6-3-4-8-19(17)21/h3-4,6,8-12,15H,5,7,13-14H2,1-2H3,(H,22,23). The third-order valence-corrected chi connectivity index (χ3v) is 4.19. The lowest BCUT2D eigenvalue weighted by Gasteiger charge is -2.09. The van der Waals surface area contributed by atoms with Crippen molar-refractivity contribution in [2.24, 2.45) is 0 Å². The summed E-state index contributed by atoms with van der Waals surface area (Å²) in [6.45, 7) is 4.94. The van der Waals surface area contributed by atoms with Crippen molar-refractivity contribution in [3.8, 4) is 5.75 Å². The lowest BCUT2D eigenvalue weighted by atomic mass is 10.0. The summed E-state index contributed by atoms with van der Waals surface area (Å²) >= 11 is 6.11. The van der Waals surface area contributed by atoms with Crippen LogP contribution in [-0.4, -0.2) is 19.1 Å². The molecule has 2 aromatic carbocycles. The Balaban J connectivity index is 1.65. The van der Waals surface area contributed by atoms with Gasteiger partial charge in [-0.25, -0.2) is 0 Å². The fraction of sp³-hybridized carbons (Fsp3) is 0.350. The van der Waals surface area contributed by atoms with Crippen LogP contribution >= 0.6 is 11.6 Å². The van der Waals surface area contributed by atoms with Gasteiger partial charge in [-0.3, -0.25) is 4.79 Å². The molecule has 0 saturated heterocycles. The Labute approximate surface area is 149 Å². The van der Waals surface area contributed by atoms with Crippen molar-refractivity contribution >= 4 is 17.5 Å². The molecule has 0 saturated carbocycles. The first-order valence-electron chi connectivity index (χ1n) is 8.29. The number of carbonyl (C=O) groups is 1. The van der Waals surface area contributed by atoms with Crippen molar-refractivity contribution in [2.75, 3.05) is 13.2 Å². The van der Waals surface area contributed by atoms with Crippen LogP contribution in [0.2, 0.25) is 5.02 Å². The van der Waals surface area contributed by atoms with Gasteiger partial charge in [0.2, 0.25) is 0 Å². The van der Waals surface area contributed by atoms with E-state index in [0.29, 0.717) is 18.2 Å². The number of hydrogen-bond acceptors (Lipinski definition) is 2. The molecule has 4 heteroatoms. The van der Waals surface area contributed by atoms with E-state index in [-0.39, 0.29) is 12.5 Å². The summed E-state index contributed by atoms with van der Waals surface area (Å²) in [6, 6.07) is 15.6. The molecule has 2 rings (SSSR count). The fourth-order valence-electron chi connectivity index (χ4n) is 2.36. The van der Waals surface area contributed by atoms with Crippen LogP contribution in [0, 0.1) is 0 Å². The maximum absolute atomic E-state index is 11.8. The minimum absolute atomic E-state index is 0.0348. The highest BCUT2D eigenvalue weighted by molar-refractivity contribution is 6.31. The highest BCUT2D eigenvalue weighted by atomic mass is 35.5. The van der Waals surface area contributed by atoms with Gasteiger partial charge in [-0.1, -0.05) is 55.8 Å². The molecule has 0 aromatic heterocycles. The van der Waals surface area contributed by atoms with E-state index in [1.165, 1.54) is 5.56 Å². The summed E-state index contributed by atoms with van der Waals surface area (Å²) in [7, 11) is 0. The maximum Gasteiger partial charge on any atom is 0.257 e. The van der Waals surface area contributed by atoms with Gasteiger partial charge in [0.25, 0.3) is 5.91 Å². The van der Waals surface area contributed by atoms with Gasteiger partial charge in [0.15, 0.2) is 6.61 Å². The summed E-state index contributed by atoms with van der Waals surface area (Å²) in [5.74, 6) is 1.09. The molecule has 2 aromatic rings. The molecule has 0 bridgehead atoms. The number of nitrogens with one attached hydrogen (secondary N) is 1. The van der Waals surface area contributed by atoms with Gasteiger partial charge in [-0.05, 0) is 48.1 Å². The van der Waals surface area contributed by atoms with Crippen LogP contribution in [-0.2, 0) is 11.2 Å². The van der Waals surface area contributed by atoms with Crippen molar-refractivity contribution in [1.82, 2.24) is 5.32 Å². The molecule has 0 heterocycles. The number of amides is 1. The zero-order chi connectivity index (χ0) is 17.4. The fourth-order valence-corrected chi connectivity index (χ4v) is 2.59. The molecule has 128 valence electrons. The quantitative estimate of drug-likeness (QED) is 0.710. The number of aryl methyl sites for hydroxylation is 1. The highest BCUT2D eigenvalue weighted by Crippen LogP contribution is 2.18. The van der Waals surface area contributed by atoms with Crippen LogP contribution < -0.4 is 10.1 Å². The molecule has 0 atom stereocenters. The number of ether oxygens (including phenoxy) is 1. The molecule has 0 unspecified atom stereocenters. The molecule has 1 amide bonds. The van der Waals surface area contributed by atoms with Crippen molar-refractivity contribution in [1.29, 1.82) is 0 Å². The largest absolute Gasteiger partial charge is 0.484 e. The topological polar surface area (TPSA) is 38.3 Å². The monoisotopic (exact) mass is 345 g/mol. The van der Waals surface area contributed by atoms with Gasteiger partial charge in [-0.15, -0.1) is 0 Å². The summed E-state index contributed by atoms with van der Waals surface area (Å²) in [5.41, 5.74) is 2.36. The van der Waals surface area contributed by atoms with E-state index in [4.69, 9.17) is 16.3 Å². The van der Waals surface area contributed by atoms with E-state index in [9.17, 15) is 4.79 Å². The van der Waals surface area contributed by atoms with Crippen molar-refractivity contribution in [2.45, 2.75) is 32.6 Å². The predicted molar refractivity (Wildman–Crippen MR) is 98.8 cm³/mol. The van der Waals surface area contributed by atoms with Crippen LogP contribution in [0.3, 0.4) is 0 Å². The third kappa shape index (κ3) is 5.89. The molecule has 0 radical (unpaired) electrons. The Bertz CT molecular complexity index is 653. The smallest absolute Gasteiger partial charge is 0.257 e. The van der Waals surface area contributed by atoms with Gasteiger partial charge in [-0.2, -0.15) is 0 Å². The van der Waals surface area contributed by atoms with Crippen molar-refractivity contribution < 1.29 is 9.53 Å². The molecule has 0 spiro atoms. The lowest BCUT2D eigenvalue weighted by Crippen LogP contribution is -2.29. The highest BCUT2D eigenvalue weighted by Gasteiger charge is 2.04. The van der Waals surface area contributed by atoms with Crippen molar-refractivity contribution in [3.05, 3.63) is 64.7 Å². The van der Waals surface area contributed by atoms with E-state index < -0.39 is 0 Å². The summed E-state index contributed by atoms with van der Waals surface area (Å²) in [4.78, 5) is 11.8. The van der Waals surface area contributed by atoms with Gasteiger partial charge < -0.3 is 10.1 Å². The van der Waals surface area contributed by atoms with Crippen LogP contribution in [0.1, 0.15) is 37.3 Å². The minimum atomic E-state index is -0.109.